The number of nitrogens with two attached hydrogens (primary N) is 1. The van der Waals surface area contributed by atoms with Gasteiger partial charge in [0.15, 0.2) is 0 Å². The first-order valence-electron chi connectivity index (χ1n) is 4.80. The zero-order valence-electron chi connectivity index (χ0n) is 8.59. The summed E-state index contributed by atoms with van der Waals surface area (Å²) in [7, 11) is 0. The first-order valence-corrected chi connectivity index (χ1v) is 4.80. The van der Waals surface area contributed by atoms with Gasteiger partial charge in [-0.15, -0.1) is 0 Å². The Labute approximate surface area is 88.0 Å². The van der Waals surface area contributed by atoms with Crippen LogP contribution < -0.4 is 5.73 Å². The van der Waals surface area contributed by atoms with E-state index in [0.29, 0.717) is 0 Å². The van der Waals surface area contributed by atoms with Crippen molar-refractivity contribution in [3.63, 3.8) is 0 Å². The van der Waals surface area contributed by atoms with Gasteiger partial charge in [0.1, 0.15) is 0 Å². The number of hydrogen-bond donors (Lipinski definition) is 1. The van der Waals surface area contributed by atoms with Gasteiger partial charge in [0.2, 0.25) is 0 Å². The Kier molecular flexibility index (Phi) is 2.62. The molecule has 2 N–H and O–H groups in total. The van der Waals surface area contributed by atoms with E-state index in [1.807, 2.05) is 11.6 Å². The summed E-state index contributed by atoms with van der Waals surface area (Å²) in [5.41, 5.74) is 8.39. The molecule has 2 heterocycles. The van der Waals surface area contributed by atoms with E-state index in [1.54, 1.807) is 24.8 Å². The smallest absolute Gasteiger partial charge is 0.0730 e. The average molecular weight is 203 g/mol. The van der Waals surface area contributed by atoms with Gasteiger partial charge in [0, 0.05) is 31.6 Å². The Balaban J connectivity index is 2.02. The van der Waals surface area contributed by atoms with E-state index in [1.165, 1.54) is 0 Å². The van der Waals surface area contributed by atoms with Crippen LogP contribution in [0.25, 0.3) is 0 Å². The van der Waals surface area contributed by atoms with Crippen molar-refractivity contribution < 1.29 is 0 Å². The fourth-order valence-electron chi connectivity index (χ4n) is 1.37. The largest absolute Gasteiger partial charge is 0.396 e. The van der Waals surface area contributed by atoms with E-state index in [2.05, 4.69) is 15.1 Å². The first-order chi connectivity index (χ1) is 7.27. The van der Waals surface area contributed by atoms with Gasteiger partial charge in [-0.2, -0.15) is 5.10 Å². The minimum absolute atomic E-state index is 0.731. The summed E-state index contributed by atoms with van der Waals surface area (Å²) in [5, 5.41) is 4.17. The normalized spacial score (nSPS) is 10.5. The highest BCUT2D eigenvalue weighted by Crippen LogP contribution is 2.08. The number of anilines is 1. The molecule has 0 aliphatic heterocycles. The molecular formula is C10H13N5. The van der Waals surface area contributed by atoms with Gasteiger partial charge in [-0.1, -0.05) is 0 Å². The molecule has 0 atom stereocenters. The number of nitrogen functional groups attached to an aromatic ring is 1. The van der Waals surface area contributed by atoms with E-state index in [4.69, 9.17) is 5.73 Å². The number of nitrogens with zero attached hydrogens (tertiary/aromatic N) is 4. The van der Waals surface area contributed by atoms with E-state index in [-0.39, 0.29) is 0 Å². The van der Waals surface area contributed by atoms with Crippen LogP contribution in [-0.4, -0.2) is 19.7 Å². The molecule has 0 aromatic carbocycles. The van der Waals surface area contributed by atoms with Gasteiger partial charge in [0.05, 0.1) is 23.3 Å². The van der Waals surface area contributed by atoms with Crippen LogP contribution in [-0.2, 0) is 13.0 Å². The minimum Gasteiger partial charge on any atom is -0.396 e. The molecule has 0 saturated carbocycles. The van der Waals surface area contributed by atoms with Crippen molar-refractivity contribution >= 4 is 5.69 Å². The van der Waals surface area contributed by atoms with Gasteiger partial charge in [0.25, 0.3) is 0 Å². The maximum atomic E-state index is 5.70. The van der Waals surface area contributed by atoms with Crippen molar-refractivity contribution in [2.45, 2.75) is 19.9 Å². The molecule has 0 saturated heterocycles. The van der Waals surface area contributed by atoms with Gasteiger partial charge in [-0.25, -0.2) is 0 Å². The van der Waals surface area contributed by atoms with Gasteiger partial charge < -0.3 is 5.73 Å². The highest BCUT2D eigenvalue weighted by Gasteiger charge is 2.02. The van der Waals surface area contributed by atoms with Crippen LogP contribution in [0.5, 0.6) is 0 Å². The highest BCUT2D eigenvalue weighted by atomic mass is 15.3. The van der Waals surface area contributed by atoms with Gasteiger partial charge >= 0.3 is 0 Å². The lowest BCUT2D eigenvalue weighted by atomic mass is 10.3. The van der Waals surface area contributed by atoms with Crippen LogP contribution in [0.1, 0.15) is 11.4 Å². The molecule has 0 fully saturated rings. The summed E-state index contributed by atoms with van der Waals surface area (Å²) >= 11 is 0. The Morgan fingerprint density at radius 2 is 2.20 bits per heavy atom. The summed E-state index contributed by atoms with van der Waals surface area (Å²) in [4.78, 5) is 8.20. The monoisotopic (exact) mass is 203 g/mol. The molecule has 0 aliphatic carbocycles. The van der Waals surface area contributed by atoms with Crippen LogP contribution in [0.2, 0.25) is 0 Å². The van der Waals surface area contributed by atoms with Crippen LogP contribution in [0.4, 0.5) is 5.69 Å². The molecule has 2 aromatic rings. The van der Waals surface area contributed by atoms with Gasteiger partial charge in [-0.3, -0.25) is 14.6 Å². The van der Waals surface area contributed by atoms with Crippen molar-refractivity contribution in [1.29, 1.82) is 0 Å². The second-order valence-corrected chi connectivity index (χ2v) is 3.36. The second-order valence-electron chi connectivity index (χ2n) is 3.36. The summed E-state index contributed by atoms with van der Waals surface area (Å²) < 4.78 is 1.88. The maximum Gasteiger partial charge on any atom is 0.0730 e. The zero-order valence-corrected chi connectivity index (χ0v) is 8.59. The number of aromatic nitrogens is 4. The van der Waals surface area contributed by atoms with Crippen LogP contribution >= 0.6 is 0 Å². The minimum atomic E-state index is 0.731. The van der Waals surface area contributed by atoms with E-state index < -0.39 is 0 Å². The summed E-state index contributed by atoms with van der Waals surface area (Å²) in [6.45, 7) is 2.74. The highest BCUT2D eigenvalue weighted by molar-refractivity contribution is 5.39. The Morgan fingerprint density at radius 3 is 2.80 bits per heavy atom. The van der Waals surface area contributed by atoms with Crippen LogP contribution in [0.15, 0.2) is 24.8 Å². The maximum absolute atomic E-state index is 5.70. The molecule has 0 aliphatic rings. The van der Waals surface area contributed by atoms with Crippen LogP contribution in [0, 0.1) is 6.92 Å². The number of rotatable bonds is 3. The summed E-state index contributed by atoms with van der Waals surface area (Å²) in [5.74, 6) is 0. The van der Waals surface area contributed by atoms with Gasteiger partial charge in [-0.05, 0) is 6.92 Å². The third-order valence-electron chi connectivity index (χ3n) is 2.34. The summed E-state index contributed by atoms with van der Waals surface area (Å²) in [6.07, 6.45) is 7.62. The first kappa shape index (κ1) is 9.64. The molecule has 0 unspecified atom stereocenters. The van der Waals surface area contributed by atoms with E-state index >= 15 is 0 Å². The molecule has 2 rings (SSSR count). The van der Waals surface area contributed by atoms with Crippen molar-refractivity contribution in [2.75, 3.05) is 5.73 Å². The molecular weight excluding hydrogens is 190 g/mol. The SMILES string of the molecule is Cc1c(N)cnn1CCc1cnccn1. The Morgan fingerprint density at radius 1 is 1.33 bits per heavy atom. The quantitative estimate of drug-likeness (QED) is 0.801. The predicted molar refractivity (Wildman–Crippen MR) is 57.1 cm³/mol. The van der Waals surface area contributed by atoms with Crippen molar-refractivity contribution in [3.8, 4) is 0 Å². The second kappa shape index (κ2) is 4.08. The fourth-order valence-corrected chi connectivity index (χ4v) is 1.37. The molecule has 0 spiro atoms. The van der Waals surface area contributed by atoms with E-state index in [9.17, 15) is 0 Å². The van der Waals surface area contributed by atoms with Crippen LogP contribution in [0.3, 0.4) is 0 Å². The predicted octanol–water partition coefficient (Wildman–Crippen LogP) is 0.806. The lowest BCUT2D eigenvalue weighted by Gasteiger charge is -2.03. The molecule has 78 valence electrons. The molecule has 0 radical (unpaired) electrons. The molecule has 2 aromatic heterocycles. The summed E-state index contributed by atoms with van der Waals surface area (Å²) in [6, 6.07) is 0. The third-order valence-corrected chi connectivity index (χ3v) is 2.34. The molecule has 5 heteroatoms. The molecule has 5 nitrogen and oxygen atoms in total. The number of hydrogen-bond acceptors (Lipinski definition) is 4. The average Bonchev–Trinajstić information content (AvgIpc) is 2.59. The fraction of sp³-hybridized carbons (Fsp3) is 0.300. The van der Waals surface area contributed by atoms with Crippen molar-refractivity contribution in [3.05, 3.63) is 36.2 Å². The zero-order chi connectivity index (χ0) is 10.7. The third kappa shape index (κ3) is 2.12. The number of aryl methyl sites for hydroxylation is 2. The molecule has 0 amide bonds. The molecule has 15 heavy (non-hydrogen) atoms. The molecule has 0 bridgehead atoms. The van der Waals surface area contributed by atoms with Crippen molar-refractivity contribution in [1.82, 2.24) is 19.7 Å². The Bertz CT molecular complexity index is 434. The van der Waals surface area contributed by atoms with E-state index in [0.717, 1.165) is 30.0 Å². The van der Waals surface area contributed by atoms with Crippen molar-refractivity contribution in [2.24, 2.45) is 0 Å². The Hall–Kier alpha value is -1.91. The topological polar surface area (TPSA) is 69.6 Å². The lowest BCUT2D eigenvalue weighted by molar-refractivity contribution is 0.592. The standard InChI is InChI=1S/C10H13N5/c1-8-10(11)7-14-15(8)5-2-9-6-12-3-4-13-9/h3-4,6-7H,2,5,11H2,1H3. The lowest BCUT2D eigenvalue weighted by Crippen LogP contribution is -2.06.